The number of pyridine rings is 1. The fourth-order valence-electron chi connectivity index (χ4n) is 2.42. The van der Waals surface area contributed by atoms with Gasteiger partial charge in [0.2, 0.25) is 0 Å². The third kappa shape index (κ3) is 3.88. The third-order valence-corrected chi connectivity index (χ3v) is 3.55. The Bertz CT molecular complexity index is 337. The minimum Gasteiger partial charge on any atom is -0.384 e. The second-order valence-corrected chi connectivity index (χ2v) is 5.13. The summed E-state index contributed by atoms with van der Waals surface area (Å²) in [7, 11) is 0. The molecule has 4 nitrogen and oxygen atoms in total. The van der Waals surface area contributed by atoms with E-state index >= 15 is 0 Å². The van der Waals surface area contributed by atoms with E-state index in [4.69, 9.17) is 5.73 Å². The Morgan fingerprint density at radius 3 is 2.50 bits per heavy atom. The lowest BCUT2D eigenvalue weighted by Gasteiger charge is -2.16. The zero-order chi connectivity index (χ0) is 12.8. The molecule has 18 heavy (non-hydrogen) atoms. The van der Waals surface area contributed by atoms with Crippen molar-refractivity contribution in [3.05, 3.63) is 18.3 Å². The molecule has 0 spiro atoms. The number of hydrogen-bond donors (Lipinski definition) is 2. The van der Waals surface area contributed by atoms with Gasteiger partial charge in [-0.2, -0.15) is 0 Å². The highest BCUT2D eigenvalue weighted by Gasteiger charge is 2.11. The van der Waals surface area contributed by atoms with Crippen molar-refractivity contribution < 1.29 is 0 Å². The van der Waals surface area contributed by atoms with Gasteiger partial charge in [-0.05, 0) is 51.3 Å². The van der Waals surface area contributed by atoms with E-state index in [9.17, 15) is 0 Å². The van der Waals surface area contributed by atoms with Crippen LogP contribution in [0.5, 0.6) is 0 Å². The SMILES string of the molecule is CC1CCCN1.Nc1ccc(N2CCCC2)cn1. The summed E-state index contributed by atoms with van der Waals surface area (Å²) >= 11 is 0. The van der Waals surface area contributed by atoms with E-state index in [1.54, 1.807) is 0 Å². The van der Waals surface area contributed by atoms with Crippen LogP contribution in [0.1, 0.15) is 32.6 Å². The Hall–Kier alpha value is -1.29. The summed E-state index contributed by atoms with van der Waals surface area (Å²) in [6.45, 7) is 5.78. The summed E-state index contributed by atoms with van der Waals surface area (Å²) in [5.74, 6) is 0.595. The highest BCUT2D eigenvalue weighted by atomic mass is 15.1. The lowest BCUT2D eigenvalue weighted by molar-refractivity contribution is 0.664. The molecular formula is C14H24N4. The quantitative estimate of drug-likeness (QED) is 0.798. The molecule has 2 aliphatic heterocycles. The average Bonchev–Trinajstić information content (AvgIpc) is 3.03. The minimum absolute atomic E-state index is 0.595. The van der Waals surface area contributed by atoms with Crippen molar-refractivity contribution in [1.82, 2.24) is 10.3 Å². The summed E-state index contributed by atoms with van der Waals surface area (Å²) in [6.07, 6.45) is 7.19. The topological polar surface area (TPSA) is 54.2 Å². The van der Waals surface area contributed by atoms with Crippen LogP contribution in [-0.2, 0) is 0 Å². The van der Waals surface area contributed by atoms with Crippen molar-refractivity contribution in [3.63, 3.8) is 0 Å². The Labute approximate surface area is 110 Å². The summed E-state index contributed by atoms with van der Waals surface area (Å²) < 4.78 is 0. The fraction of sp³-hybridized carbons (Fsp3) is 0.643. The molecule has 2 aliphatic rings. The van der Waals surface area contributed by atoms with Crippen LogP contribution in [-0.4, -0.2) is 30.7 Å². The van der Waals surface area contributed by atoms with Gasteiger partial charge in [-0.3, -0.25) is 0 Å². The third-order valence-electron chi connectivity index (χ3n) is 3.55. The zero-order valence-electron chi connectivity index (χ0n) is 11.2. The van der Waals surface area contributed by atoms with Crippen molar-refractivity contribution in [2.75, 3.05) is 30.3 Å². The molecule has 0 radical (unpaired) electrons. The van der Waals surface area contributed by atoms with Crippen molar-refractivity contribution in [1.29, 1.82) is 0 Å². The first-order chi connectivity index (χ1) is 8.75. The maximum Gasteiger partial charge on any atom is 0.123 e. The molecular weight excluding hydrogens is 224 g/mol. The molecule has 1 atom stereocenters. The number of rotatable bonds is 1. The standard InChI is InChI=1S/C9H13N3.C5H11N/c10-9-4-3-8(7-11-9)12-5-1-2-6-12;1-5-3-2-4-6-5/h3-4,7H,1-2,5-6H2,(H2,10,11);5-6H,2-4H2,1H3. The fourth-order valence-corrected chi connectivity index (χ4v) is 2.42. The van der Waals surface area contributed by atoms with Gasteiger partial charge in [-0.25, -0.2) is 4.98 Å². The van der Waals surface area contributed by atoms with Gasteiger partial charge < -0.3 is 16.0 Å². The molecule has 3 rings (SSSR count). The van der Waals surface area contributed by atoms with E-state index in [1.807, 2.05) is 18.3 Å². The summed E-state index contributed by atoms with van der Waals surface area (Å²) in [6, 6.07) is 4.69. The van der Waals surface area contributed by atoms with Crippen LogP contribution in [0.4, 0.5) is 11.5 Å². The predicted octanol–water partition coefficient (Wildman–Crippen LogP) is 2.02. The molecule has 1 aromatic heterocycles. The van der Waals surface area contributed by atoms with Crippen LogP contribution in [0.2, 0.25) is 0 Å². The Kier molecular flexibility index (Phi) is 4.81. The molecule has 1 unspecified atom stereocenters. The van der Waals surface area contributed by atoms with Crippen LogP contribution >= 0.6 is 0 Å². The first-order valence-electron chi connectivity index (χ1n) is 6.95. The monoisotopic (exact) mass is 248 g/mol. The largest absolute Gasteiger partial charge is 0.384 e. The Balaban J connectivity index is 0.000000169. The molecule has 3 N–H and O–H groups in total. The molecule has 4 heteroatoms. The number of nitrogen functional groups attached to an aromatic ring is 1. The van der Waals surface area contributed by atoms with Gasteiger partial charge in [0.05, 0.1) is 11.9 Å². The first-order valence-corrected chi connectivity index (χ1v) is 6.95. The molecule has 0 amide bonds. The summed E-state index contributed by atoms with van der Waals surface area (Å²) in [4.78, 5) is 6.40. The summed E-state index contributed by atoms with van der Waals surface area (Å²) in [5.41, 5.74) is 6.69. The predicted molar refractivity (Wildman–Crippen MR) is 76.8 cm³/mol. The Morgan fingerprint density at radius 1 is 1.28 bits per heavy atom. The highest BCUT2D eigenvalue weighted by Crippen LogP contribution is 2.19. The van der Waals surface area contributed by atoms with Crippen molar-refractivity contribution in [2.45, 2.75) is 38.6 Å². The Morgan fingerprint density at radius 2 is 2.06 bits per heavy atom. The molecule has 0 aromatic carbocycles. The number of hydrogen-bond acceptors (Lipinski definition) is 4. The molecule has 1 aromatic rings. The zero-order valence-corrected chi connectivity index (χ0v) is 11.2. The molecule has 0 saturated carbocycles. The van der Waals surface area contributed by atoms with E-state index in [0.717, 1.165) is 19.1 Å². The lowest BCUT2D eigenvalue weighted by Crippen LogP contribution is -2.17. The van der Waals surface area contributed by atoms with Gasteiger partial charge in [0.1, 0.15) is 5.82 Å². The smallest absolute Gasteiger partial charge is 0.123 e. The van der Waals surface area contributed by atoms with Crippen LogP contribution < -0.4 is 16.0 Å². The van der Waals surface area contributed by atoms with Gasteiger partial charge >= 0.3 is 0 Å². The normalized spacial score (nSPS) is 22.7. The highest BCUT2D eigenvalue weighted by molar-refractivity contribution is 5.48. The second-order valence-electron chi connectivity index (χ2n) is 5.13. The van der Waals surface area contributed by atoms with Crippen LogP contribution in [0, 0.1) is 0 Å². The van der Waals surface area contributed by atoms with Crippen molar-refractivity contribution in [3.8, 4) is 0 Å². The molecule has 3 heterocycles. The first kappa shape index (κ1) is 13.1. The van der Waals surface area contributed by atoms with Gasteiger partial charge in [0.25, 0.3) is 0 Å². The van der Waals surface area contributed by atoms with Crippen molar-refractivity contribution in [2.24, 2.45) is 0 Å². The van der Waals surface area contributed by atoms with Gasteiger partial charge in [0, 0.05) is 19.1 Å². The maximum atomic E-state index is 5.50. The minimum atomic E-state index is 0.595. The molecule has 2 saturated heterocycles. The number of aromatic nitrogens is 1. The van der Waals surface area contributed by atoms with E-state index in [2.05, 4.69) is 22.1 Å². The van der Waals surface area contributed by atoms with Crippen LogP contribution in [0.15, 0.2) is 18.3 Å². The number of nitrogens with zero attached hydrogens (tertiary/aromatic N) is 2. The number of nitrogens with one attached hydrogen (secondary N) is 1. The van der Waals surface area contributed by atoms with Crippen molar-refractivity contribution >= 4 is 11.5 Å². The van der Waals surface area contributed by atoms with E-state index in [1.165, 1.54) is 37.9 Å². The molecule has 100 valence electrons. The number of anilines is 2. The van der Waals surface area contributed by atoms with E-state index in [0.29, 0.717) is 5.82 Å². The van der Waals surface area contributed by atoms with Crippen LogP contribution in [0.25, 0.3) is 0 Å². The van der Waals surface area contributed by atoms with E-state index < -0.39 is 0 Å². The van der Waals surface area contributed by atoms with Gasteiger partial charge in [-0.15, -0.1) is 0 Å². The molecule has 2 fully saturated rings. The second kappa shape index (κ2) is 6.59. The average molecular weight is 248 g/mol. The van der Waals surface area contributed by atoms with Gasteiger partial charge in [-0.1, -0.05) is 0 Å². The van der Waals surface area contributed by atoms with E-state index in [-0.39, 0.29) is 0 Å². The number of nitrogens with two attached hydrogens (primary N) is 1. The maximum absolute atomic E-state index is 5.50. The van der Waals surface area contributed by atoms with Gasteiger partial charge in [0.15, 0.2) is 0 Å². The molecule has 0 aliphatic carbocycles. The van der Waals surface area contributed by atoms with Crippen LogP contribution in [0.3, 0.4) is 0 Å². The summed E-state index contributed by atoms with van der Waals surface area (Å²) in [5, 5.41) is 3.32. The lowest BCUT2D eigenvalue weighted by atomic mass is 10.3. The molecule has 0 bridgehead atoms.